The van der Waals surface area contributed by atoms with Crippen LogP contribution in [-0.2, 0) is 0 Å². The molecule has 106 valence electrons. The molecule has 4 heteroatoms. The Kier molecular flexibility index (Phi) is 2.83. The number of imide groups is 1. The van der Waals surface area contributed by atoms with Crippen molar-refractivity contribution < 1.29 is 9.59 Å². The number of carbonyl (C=O) groups excluding carboxylic acids is 2. The summed E-state index contributed by atoms with van der Waals surface area (Å²) in [5.41, 5.74) is 10.4. The van der Waals surface area contributed by atoms with Crippen molar-refractivity contribution in [2.45, 2.75) is 20.8 Å². The highest BCUT2D eigenvalue weighted by Gasteiger charge is 2.39. The minimum atomic E-state index is -0.273. The van der Waals surface area contributed by atoms with Gasteiger partial charge in [-0.1, -0.05) is 18.2 Å². The molecule has 2 aromatic rings. The van der Waals surface area contributed by atoms with E-state index in [4.69, 9.17) is 5.73 Å². The number of amides is 2. The third kappa shape index (κ3) is 1.83. The number of benzene rings is 2. The molecule has 0 spiro atoms. The van der Waals surface area contributed by atoms with Crippen LogP contribution in [0.25, 0.3) is 0 Å². The number of aryl methyl sites for hydroxylation is 3. The average molecular weight is 280 g/mol. The van der Waals surface area contributed by atoms with E-state index in [1.807, 2.05) is 39.0 Å². The SMILES string of the molecule is Cc1ccc(N)cc1N1C(=O)c2c(C)ccc(C)c2C1=O. The molecule has 0 aromatic heterocycles. The van der Waals surface area contributed by atoms with Crippen LogP contribution in [0, 0.1) is 20.8 Å². The van der Waals surface area contributed by atoms with Gasteiger partial charge in [0.1, 0.15) is 0 Å². The standard InChI is InChI=1S/C17H16N2O2/c1-9-6-7-12(18)8-13(9)19-16(20)14-10(2)4-5-11(3)15(14)17(19)21/h4-8H,18H2,1-3H3. The zero-order chi connectivity index (χ0) is 15.3. The van der Waals surface area contributed by atoms with Gasteiger partial charge < -0.3 is 5.73 Å². The lowest BCUT2D eigenvalue weighted by atomic mass is 9.99. The van der Waals surface area contributed by atoms with Gasteiger partial charge in [-0.15, -0.1) is 0 Å². The maximum Gasteiger partial charge on any atom is 0.266 e. The van der Waals surface area contributed by atoms with Crippen LogP contribution in [0.2, 0.25) is 0 Å². The largest absolute Gasteiger partial charge is 0.399 e. The van der Waals surface area contributed by atoms with Gasteiger partial charge in [0, 0.05) is 5.69 Å². The maximum atomic E-state index is 12.7. The Morgan fingerprint density at radius 1 is 0.810 bits per heavy atom. The van der Waals surface area contributed by atoms with Gasteiger partial charge in [0.2, 0.25) is 0 Å². The van der Waals surface area contributed by atoms with E-state index in [2.05, 4.69) is 0 Å². The number of anilines is 2. The summed E-state index contributed by atoms with van der Waals surface area (Å²) in [6.07, 6.45) is 0. The molecule has 2 aromatic carbocycles. The second kappa shape index (κ2) is 4.45. The lowest BCUT2D eigenvalue weighted by molar-refractivity contribution is 0.0925. The van der Waals surface area contributed by atoms with E-state index in [1.54, 1.807) is 12.1 Å². The molecule has 4 nitrogen and oxygen atoms in total. The number of fused-ring (bicyclic) bond motifs is 1. The van der Waals surface area contributed by atoms with Crippen molar-refractivity contribution in [2.75, 3.05) is 10.6 Å². The third-order valence-corrected chi connectivity index (χ3v) is 3.93. The summed E-state index contributed by atoms with van der Waals surface area (Å²) in [5.74, 6) is -0.546. The number of carbonyl (C=O) groups is 2. The molecular weight excluding hydrogens is 264 g/mol. The molecule has 1 heterocycles. The zero-order valence-electron chi connectivity index (χ0n) is 12.2. The first kappa shape index (κ1) is 13.4. The molecule has 0 unspecified atom stereocenters. The first-order valence-corrected chi connectivity index (χ1v) is 6.77. The molecule has 0 aliphatic carbocycles. The summed E-state index contributed by atoms with van der Waals surface area (Å²) in [4.78, 5) is 26.6. The highest BCUT2D eigenvalue weighted by Crippen LogP contribution is 2.34. The summed E-state index contributed by atoms with van der Waals surface area (Å²) in [7, 11) is 0. The van der Waals surface area contributed by atoms with E-state index < -0.39 is 0 Å². The van der Waals surface area contributed by atoms with Crippen molar-refractivity contribution in [1.29, 1.82) is 0 Å². The monoisotopic (exact) mass is 280 g/mol. The molecule has 0 radical (unpaired) electrons. The minimum absolute atomic E-state index is 0.273. The molecule has 1 aliphatic heterocycles. The summed E-state index contributed by atoms with van der Waals surface area (Å²) < 4.78 is 0. The highest BCUT2D eigenvalue weighted by atomic mass is 16.2. The van der Waals surface area contributed by atoms with Gasteiger partial charge in [-0.3, -0.25) is 9.59 Å². The Bertz CT molecular complexity index is 753. The van der Waals surface area contributed by atoms with Gasteiger partial charge in [-0.2, -0.15) is 0 Å². The van der Waals surface area contributed by atoms with E-state index in [0.29, 0.717) is 22.5 Å². The minimum Gasteiger partial charge on any atom is -0.399 e. The lowest BCUT2D eigenvalue weighted by Crippen LogP contribution is -2.30. The van der Waals surface area contributed by atoms with Crippen LogP contribution in [-0.4, -0.2) is 11.8 Å². The normalized spacial score (nSPS) is 13.8. The molecule has 0 atom stereocenters. The van der Waals surface area contributed by atoms with Crippen molar-refractivity contribution in [1.82, 2.24) is 0 Å². The van der Waals surface area contributed by atoms with Gasteiger partial charge in [0.15, 0.2) is 0 Å². The fourth-order valence-corrected chi connectivity index (χ4v) is 2.76. The van der Waals surface area contributed by atoms with E-state index in [9.17, 15) is 9.59 Å². The third-order valence-electron chi connectivity index (χ3n) is 3.93. The Morgan fingerprint density at radius 2 is 1.29 bits per heavy atom. The number of rotatable bonds is 1. The molecule has 2 amide bonds. The van der Waals surface area contributed by atoms with Crippen LogP contribution < -0.4 is 10.6 Å². The van der Waals surface area contributed by atoms with Crippen molar-refractivity contribution in [3.8, 4) is 0 Å². The predicted octanol–water partition coefficient (Wildman–Crippen LogP) is 2.99. The van der Waals surface area contributed by atoms with Gasteiger partial charge in [0.25, 0.3) is 11.8 Å². The number of nitrogen functional groups attached to an aromatic ring is 1. The topological polar surface area (TPSA) is 63.4 Å². The van der Waals surface area contributed by atoms with Gasteiger partial charge in [-0.05, 0) is 49.6 Å². The van der Waals surface area contributed by atoms with Crippen molar-refractivity contribution in [3.63, 3.8) is 0 Å². The first-order chi connectivity index (χ1) is 9.91. The van der Waals surface area contributed by atoms with E-state index >= 15 is 0 Å². The van der Waals surface area contributed by atoms with E-state index in [0.717, 1.165) is 16.7 Å². The molecular formula is C17H16N2O2. The van der Waals surface area contributed by atoms with E-state index in [1.165, 1.54) is 4.90 Å². The van der Waals surface area contributed by atoms with Crippen LogP contribution >= 0.6 is 0 Å². The van der Waals surface area contributed by atoms with Crippen LogP contribution in [0.15, 0.2) is 30.3 Å². The fraction of sp³-hybridized carbons (Fsp3) is 0.176. The predicted molar refractivity (Wildman–Crippen MR) is 82.6 cm³/mol. The smallest absolute Gasteiger partial charge is 0.266 e. The summed E-state index contributed by atoms with van der Waals surface area (Å²) in [6, 6.07) is 8.98. The second-order valence-corrected chi connectivity index (χ2v) is 5.44. The molecule has 0 fully saturated rings. The average Bonchev–Trinajstić information content (AvgIpc) is 2.70. The molecule has 21 heavy (non-hydrogen) atoms. The molecule has 2 N–H and O–H groups in total. The maximum absolute atomic E-state index is 12.7. The van der Waals surface area contributed by atoms with Gasteiger partial charge in [0.05, 0.1) is 16.8 Å². The fourth-order valence-electron chi connectivity index (χ4n) is 2.76. The Morgan fingerprint density at radius 3 is 1.81 bits per heavy atom. The summed E-state index contributed by atoms with van der Waals surface area (Å²) in [5, 5.41) is 0. The van der Waals surface area contributed by atoms with Crippen molar-refractivity contribution in [2.24, 2.45) is 0 Å². The molecule has 0 saturated carbocycles. The number of hydrogen-bond acceptors (Lipinski definition) is 3. The van der Waals surface area contributed by atoms with E-state index in [-0.39, 0.29) is 11.8 Å². The highest BCUT2D eigenvalue weighted by molar-refractivity contribution is 6.35. The summed E-state index contributed by atoms with van der Waals surface area (Å²) in [6.45, 7) is 5.55. The Labute approximate surface area is 123 Å². The first-order valence-electron chi connectivity index (χ1n) is 6.77. The van der Waals surface area contributed by atoms with Crippen molar-refractivity contribution >= 4 is 23.2 Å². The van der Waals surface area contributed by atoms with Crippen molar-refractivity contribution in [3.05, 3.63) is 58.1 Å². The summed E-state index contributed by atoms with van der Waals surface area (Å²) >= 11 is 0. The van der Waals surface area contributed by atoms with Crippen LogP contribution in [0.5, 0.6) is 0 Å². The lowest BCUT2D eigenvalue weighted by Gasteiger charge is -2.17. The number of nitrogens with zero attached hydrogens (tertiary/aromatic N) is 1. The van der Waals surface area contributed by atoms with Gasteiger partial charge >= 0.3 is 0 Å². The quantitative estimate of drug-likeness (QED) is 0.645. The number of nitrogens with two attached hydrogens (primary N) is 1. The molecule has 1 aliphatic rings. The Hall–Kier alpha value is -2.62. The Balaban J connectivity index is 2.23. The zero-order valence-corrected chi connectivity index (χ0v) is 12.2. The molecule has 0 bridgehead atoms. The number of hydrogen-bond donors (Lipinski definition) is 1. The second-order valence-electron chi connectivity index (χ2n) is 5.44. The molecule has 0 saturated heterocycles. The van der Waals surface area contributed by atoms with Gasteiger partial charge in [-0.25, -0.2) is 4.90 Å². The molecule has 3 rings (SSSR count). The van der Waals surface area contributed by atoms with Crippen LogP contribution in [0.1, 0.15) is 37.4 Å². The van der Waals surface area contributed by atoms with Crippen LogP contribution in [0.4, 0.5) is 11.4 Å². The van der Waals surface area contributed by atoms with Crippen LogP contribution in [0.3, 0.4) is 0 Å².